The maximum absolute atomic E-state index is 13.9. The Labute approximate surface area is 284 Å². The summed E-state index contributed by atoms with van der Waals surface area (Å²) < 4.78 is 11.8. The van der Waals surface area contributed by atoms with Gasteiger partial charge in [-0.3, -0.25) is 14.5 Å². The molecular formula is C37H48ClN5O4. The first-order chi connectivity index (χ1) is 22.5. The highest BCUT2D eigenvalue weighted by atomic mass is 35.5. The monoisotopic (exact) mass is 661 g/mol. The van der Waals surface area contributed by atoms with Gasteiger partial charge in [-0.05, 0) is 112 Å². The predicted octanol–water partition coefficient (Wildman–Crippen LogP) is 6.32. The molecule has 0 bridgehead atoms. The molecule has 0 unspecified atom stereocenters. The fraction of sp³-hybridized carbons (Fsp3) is 0.486. The van der Waals surface area contributed by atoms with Crippen molar-refractivity contribution in [1.29, 1.82) is 0 Å². The summed E-state index contributed by atoms with van der Waals surface area (Å²) in [5.41, 5.74) is 3.56. The fourth-order valence-electron chi connectivity index (χ4n) is 6.72. The number of methoxy groups -OCH3 is 1. The van der Waals surface area contributed by atoms with E-state index in [9.17, 15) is 9.59 Å². The minimum atomic E-state index is -0.394. The van der Waals surface area contributed by atoms with E-state index in [0.717, 1.165) is 60.4 Å². The topological polar surface area (TPSA) is 96.0 Å². The van der Waals surface area contributed by atoms with E-state index >= 15 is 0 Å². The van der Waals surface area contributed by atoms with Gasteiger partial charge in [0.05, 0.1) is 44.1 Å². The Hall–Kier alpha value is -3.82. The van der Waals surface area contributed by atoms with Crippen LogP contribution in [0.2, 0.25) is 5.02 Å². The van der Waals surface area contributed by atoms with E-state index in [2.05, 4.69) is 22.6 Å². The fourth-order valence-corrected chi connectivity index (χ4v) is 6.84. The molecule has 10 heteroatoms. The number of fused-ring (bicyclic) bond motifs is 1. The molecule has 1 saturated carbocycles. The number of hydrogen-bond acceptors (Lipinski definition) is 7. The quantitative estimate of drug-likeness (QED) is 0.235. The summed E-state index contributed by atoms with van der Waals surface area (Å²) in [6, 6.07) is 15.7. The van der Waals surface area contributed by atoms with Gasteiger partial charge in [0.2, 0.25) is 11.8 Å². The third kappa shape index (κ3) is 8.56. The number of carbonyl (C=O) groups excluding carboxylic acids is 2. The molecule has 3 aromatic rings. The molecule has 2 amide bonds. The van der Waals surface area contributed by atoms with Crippen LogP contribution in [0.25, 0.3) is 0 Å². The summed E-state index contributed by atoms with van der Waals surface area (Å²) in [5, 5.41) is 7.00. The van der Waals surface area contributed by atoms with Gasteiger partial charge in [0.1, 0.15) is 5.82 Å². The number of rotatable bonds is 12. The Kier molecular flexibility index (Phi) is 11.3. The average molecular weight is 662 g/mol. The highest BCUT2D eigenvalue weighted by Crippen LogP contribution is 2.44. The average Bonchev–Trinajstić information content (AvgIpc) is 3.04. The number of anilines is 2. The second-order valence-corrected chi connectivity index (χ2v) is 13.8. The first-order valence-corrected chi connectivity index (χ1v) is 17.0. The lowest BCUT2D eigenvalue weighted by Crippen LogP contribution is -2.43. The number of carbonyl (C=O) groups is 2. The molecule has 0 saturated heterocycles. The van der Waals surface area contributed by atoms with E-state index in [1.807, 2.05) is 81.1 Å². The van der Waals surface area contributed by atoms with Crippen molar-refractivity contribution in [2.24, 2.45) is 5.92 Å². The van der Waals surface area contributed by atoms with Crippen molar-refractivity contribution < 1.29 is 19.1 Å². The van der Waals surface area contributed by atoms with Gasteiger partial charge < -0.3 is 25.0 Å². The van der Waals surface area contributed by atoms with Gasteiger partial charge in [-0.1, -0.05) is 23.7 Å². The smallest absolute Gasteiger partial charge is 0.234 e. The number of benzene rings is 2. The van der Waals surface area contributed by atoms with E-state index in [1.54, 1.807) is 13.3 Å². The zero-order valence-corrected chi connectivity index (χ0v) is 29.1. The zero-order valence-electron chi connectivity index (χ0n) is 28.4. The van der Waals surface area contributed by atoms with Crippen molar-refractivity contribution in [3.63, 3.8) is 0 Å². The van der Waals surface area contributed by atoms with E-state index in [1.165, 1.54) is 0 Å². The van der Waals surface area contributed by atoms with Crippen molar-refractivity contribution in [2.75, 3.05) is 37.0 Å². The van der Waals surface area contributed by atoms with Crippen LogP contribution in [0.15, 0.2) is 54.7 Å². The van der Waals surface area contributed by atoms with E-state index in [4.69, 9.17) is 26.1 Å². The number of pyridine rings is 1. The summed E-state index contributed by atoms with van der Waals surface area (Å²) in [7, 11) is 3.69. The second-order valence-electron chi connectivity index (χ2n) is 13.3. The summed E-state index contributed by atoms with van der Waals surface area (Å²) in [6.07, 6.45) is 6.31. The largest absolute Gasteiger partial charge is 0.493 e. The molecule has 1 aliphatic heterocycles. The Morgan fingerprint density at radius 3 is 2.38 bits per heavy atom. The van der Waals surface area contributed by atoms with Crippen LogP contribution in [-0.2, 0) is 16.0 Å². The Balaban J connectivity index is 1.31. The molecule has 2 N–H and O–H groups in total. The van der Waals surface area contributed by atoms with E-state index in [-0.39, 0.29) is 30.4 Å². The lowest BCUT2D eigenvalue weighted by molar-refractivity contribution is -0.121. The molecule has 5 rings (SSSR count). The van der Waals surface area contributed by atoms with Crippen LogP contribution >= 0.6 is 11.6 Å². The molecule has 47 heavy (non-hydrogen) atoms. The summed E-state index contributed by atoms with van der Waals surface area (Å²) in [6.45, 7) is 9.18. The predicted molar refractivity (Wildman–Crippen MR) is 188 cm³/mol. The minimum Gasteiger partial charge on any atom is -0.493 e. The number of nitrogens with one attached hydrogen (secondary N) is 2. The molecule has 1 atom stereocenters. The molecule has 1 aliphatic carbocycles. The van der Waals surface area contributed by atoms with E-state index < -0.39 is 6.04 Å². The molecule has 1 aromatic heterocycles. The third-order valence-corrected chi connectivity index (χ3v) is 9.17. The minimum absolute atomic E-state index is 0.0213. The van der Waals surface area contributed by atoms with Gasteiger partial charge in [0.15, 0.2) is 11.5 Å². The van der Waals surface area contributed by atoms with Crippen LogP contribution in [0.5, 0.6) is 11.5 Å². The maximum Gasteiger partial charge on any atom is 0.234 e. The molecule has 0 radical (unpaired) electrons. The number of hydrogen-bond donors (Lipinski definition) is 2. The van der Waals surface area contributed by atoms with Gasteiger partial charge >= 0.3 is 0 Å². The molecule has 2 heterocycles. The van der Waals surface area contributed by atoms with Crippen LogP contribution in [0.3, 0.4) is 0 Å². The van der Waals surface area contributed by atoms with Crippen molar-refractivity contribution in [3.05, 3.63) is 76.4 Å². The van der Waals surface area contributed by atoms with Crippen LogP contribution in [-0.4, -0.2) is 62.2 Å². The number of halogens is 1. The lowest BCUT2D eigenvalue weighted by Gasteiger charge is -2.38. The van der Waals surface area contributed by atoms with Crippen LogP contribution in [0.4, 0.5) is 11.5 Å². The maximum atomic E-state index is 13.9. The first kappa shape index (κ1) is 34.5. The molecule has 2 aliphatic rings. The van der Waals surface area contributed by atoms with Crippen LogP contribution in [0.1, 0.15) is 76.1 Å². The molecule has 9 nitrogen and oxygen atoms in total. The van der Waals surface area contributed by atoms with Crippen LogP contribution in [0, 0.1) is 5.92 Å². The molecule has 2 aromatic carbocycles. The van der Waals surface area contributed by atoms with Gasteiger partial charge in [-0.15, -0.1) is 0 Å². The summed E-state index contributed by atoms with van der Waals surface area (Å²) in [4.78, 5) is 34.8. The zero-order chi connectivity index (χ0) is 33.7. The number of aromatic nitrogens is 1. The number of nitrogens with zero attached hydrogens (tertiary/aromatic N) is 3. The normalized spacial score (nSPS) is 19.5. The summed E-state index contributed by atoms with van der Waals surface area (Å²) in [5.74, 6) is 2.71. The Morgan fingerprint density at radius 1 is 1.04 bits per heavy atom. The third-order valence-electron chi connectivity index (χ3n) is 8.92. The van der Waals surface area contributed by atoms with E-state index in [0.29, 0.717) is 35.0 Å². The van der Waals surface area contributed by atoms with Crippen molar-refractivity contribution in [2.45, 2.75) is 84.0 Å². The standard InChI is InChI=1S/C37H48ClN5O4/c1-23(2)41-35(44)21-39-29-13-7-25(8-14-29)22-42(5)34-16-15-30(20-40-34)43-36(45)18-27-17-32(46-6)33(47-24(3)4)19-31(27)37(43)26-9-11-28(38)12-10-26/h9-12,15-17,19-20,23-25,29,37,39H,7-8,13-14,18,21-22H2,1-6H3,(H,41,44)/t25-,29-,37-/m0/s1. The second kappa shape index (κ2) is 15.4. The van der Waals surface area contributed by atoms with Crippen molar-refractivity contribution >= 4 is 34.9 Å². The van der Waals surface area contributed by atoms with Gasteiger partial charge in [0, 0.05) is 30.7 Å². The van der Waals surface area contributed by atoms with Crippen molar-refractivity contribution in [1.82, 2.24) is 15.6 Å². The number of amides is 2. The SMILES string of the molecule is COc1cc2c(cc1OC(C)C)[C@H](c1ccc(Cl)cc1)N(c1ccc(N(C)C[C@H]3CC[C@H](NCC(=O)NC(C)C)CC3)nc1)C(=O)C2. The van der Waals surface area contributed by atoms with Gasteiger partial charge in [-0.25, -0.2) is 4.98 Å². The highest BCUT2D eigenvalue weighted by Gasteiger charge is 2.36. The van der Waals surface area contributed by atoms with Gasteiger partial charge in [0.25, 0.3) is 0 Å². The molecular weight excluding hydrogens is 614 g/mol. The van der Waals surface area contributed by atoms with Gasteiger partial charge in [-0.2, -0.15) is 0 Å². The van der Waals surface area contributed by atoms with Crippen LogP contribution < -0.4 is 29.9 Å². The Morgan fingerprint density at radius 2 is 1.77 bits per heavy atom. The lowest BCUT2D eigenvalue weighted by atomic mass is 9.85. The van der Waals surface area contributed by atoms with Crippen molar-refractivity contribution in [3.8, 4) is 11.5 Å². The summed E-state index contributed by atoms with van der Waals surface area (Å²) >= 11 is 6.27. The molecule has 0 spiro atoms. The molecule has 252 valence electrons. The highest BCUT2D eigenvalue weighted by molar-refractivity contribution is 6.30. The number of ether oxygens (including phenoxy) is 2. The first-order valence-electron chi connectivity index (χ1n) is 16.7. The molecule has 1 fully saturated rings. The Bertz CT molecular complexity index is 1520.